The van der Waals surface area contributed by atoms with Gasteiger partial charge < -0.3 is 5.43 Å². The van der Waals surface area contributed by atoms with Crippen molar-refractivity contribution in [2.45, 2.75) is 24.3 Å². The second kappa shape index (κ2) is 5.00. The predicted molar refractivity (Wildman–Crippen MR) is 77.0 cm³/mol. The third kappa shape index (κ3) is 2.35. The zero-order valence-electron chi connectivity index (χ0n) is 10.5. The molecule has 0 amide bonds. The van der Waals surface area contributed by atoms with Gasteiger partial charge in [0.25, 0.3) is 10.0 Å². The normalized spacial score (nSPS) is 14.1. The molecule has 1 aliphatic carbocycles. The molecular weight excluding hydrogens is 298 g/mol. The van der Waals surface area contributed by atoms with Crippen LogP contribution in [0.2, 0.25) is 0 Å². The van der Waals surface area contributed by atoms with Crippen LogP contribution >= 0.6 is 11.3 Å². The molecule has 9 heteroatoms. The van der Waals surface area contributed by atoms with Crippen LogP contribution in [0.5, 0.6) is 0 Å². The van der Waals surface area contributed by atoms with Gasteiger partial charge in [-0.1, -0.05) is 0 Å². The van der Waals surface area contributed by atoms with Crippen LogP contribution in [-0.2, 0) is 22.9 Å². The lowest BCUT2D eigenvalue weighted by molar-refractivity contribution is 0.598. The highest BCUT2D eigenvalue weighted by Gasteiger charge is 2.23. The van der Waals surface area contributed by atoms with Gasteiger partial charge in [-0.3, -0.25) is 10.6 Å². The maximum Gasteiger partial charge on any atom is 0.283 e. The number of hydrogen-bond acceptors (Lipinski definition) is 7. The summed E-state index contributed by atoms with van der Waals surface area (Å²) in [5.41, 5.74) is 3.56. The van der Waals surface area contributed by atoms with Crippen molar-refractivity contribution in [1.29, 1.82) is 0 Å². The van der Waals surface area contributed by atoms with Crippen LogP contribution in [0.3, 0.4) is 0 Å². The number of thiazole rings is 1. The Morgan fingerprint density at radius 1 is 1.35 bits per heavy atom. The zero-order valence-corrected chi connectivity index (χ0v) is 12.1. The van der Waals surface area contributed by atoms with E-state index in [4.69, 9.17) is 5.84 Å². The summed E-state index contributed by atoms with van der Waals surface area (Å²) in [7, 11) is -3.80. The molecule has 0 spiro atoms. The Morgan fingerprint density at radius 2 is 2.20 bits per heavy atom. The molecule has 106 valence electrons. The Kier molecular flexibility index (Phi) is 3.32. The number of aryl methyl sites for hydroxylation is 2. The molecule has 1 aliphatic rings. The molecule has 0 aromatic carbocycles. The molecule has 0 saturated carbocycles. The number of pyridine rings is 1. The largest absolute Gasteiger partial charge is 0.321 e. The van der Waals surface area contributed by atoms with Gasteiger partial charge in [-0.05, 0) is 31.4 Å². The van der Waals surface area contributed by atoms with Crippen LogP contribution in [-0.4, -0.2) is 18.4 Å². The second-order valence-corrected chi connectivity index (χ2v) is 7.03. The Labute approximate surface area is 120 Å². The lowest BCUT2D eigenvalue weighted by Gasteiger charge is -2.08. The lowest BCUT2D eigenvalue weighted by atomic mass is 10.4. The molecule has 0 unspecified atom stereocenters. The summed E-state index contributed by atoms with van der Waals surface area (Å²) in [5.74, 6) is 5.30. The third-order valence-electron chi connectivity index (χ3n) is 3.00. The molecule has 2 aromatic heterocycles. The number of nitrogens with one attached hydrogen (secondary N) is 2. The van der Waals surface area contributed by atoms with Crippen LogP contribution in [0.15, 0.2) is 23.4 Å². The highest BCUT2D eigenvalue weighted by molar-refractivity contribution is 7.93. The summed E-state index contributed by atoms with van der Waals surface area (Å²) >= 11 is 1.38. The molecule has 0 atom stereocenters. The van der Waals surface area contributed by atoms with Crippen molar-refractivity contribution in [2.24, 2.45) is 5.84 Å². The monoisotopic (exact) mass is 311 g/mol. The van der Waals surface area contributed by atoms with E-state index in [1.165, 1.54) is 17.5 Å². The van der Waals surface area contributed by atoms with Gasteiger partial charge in [0.2, 0.25) is 5.03 Å². The smallest absolute Gasteiger partial charge is 0.283 e. The van der Waals surface area contributed by atoms with Crippen molar-refractivity contribution in [3.05, 3.63) is 28.9 Å². The number of nitrogen functional groups attached to an aromatic ring is 1. The first kappa shape index (κ1) is 13.3. The average molecular weight is 311 g/mol. The third-order valence-corrected chi connectivity index (χ3v) is 5.50. The van der Waals surface area contributed by atoms with Crippen LogP contribution in [0, 0.1) is 0 Å². The van der Waals surface area contributed by atoms with Crippen LogP contribution in [0.1, 0.15) is 17.0 Å². The van der Waals surface area contributed by atoms with Crippen molar-refractivity contribution < 1.29 is 8.42 Å². The number of aromatic nitrogens is 2. The summed E-state index contributed by atoms with van der Waals surface area (Å²) in [6.07, 6.45) is 4.36. The number of sulfonamides is 1. The Balaban J connectivity index is 1.92. The van der Waals surface area contributed by atoms with Crippen LogP contribution in [0.4, 0.5) is 10.8 Å². The Bertz CT molecular complexity index is 720. The average Bonchev–Trinajstić information content (AvgIpc) is 2.99. The predicted octanol–water partition coefficient (Wildman–Crippen LogP) is 1.11. The summed E-state index contributed by atoms with van der Waals surface area (Å²) in [4.78, 5) is 9.32. The van der Waals surface area contributed by atoms with E-state index >= 15 is 0 Å². The fraction of sp³-hybridized carbons (Fsp3) is 0.273. The van der Waals surface area contributed by atoms with Crippen molar-refractivity contribution in [3.8, 4) is 0 Å². The molecule has 3 rings (SSSR count). The quantitative estimate of drug-likeness (QED) is 0.576. The first-order chi connectivity index (χ1) is 9.60. The summed E-state index contributed by atoms with van der Waals surface area (Å²) < 4.78 is 27.1. The SMILES string of the molecule is NNc1cccnc1S(=O)(=O)Nc1nc2c(s1)CCC2. The lowest BCUT2D eigenvalue weighted by Crippen LogP contribution is -2.18. The maximum absolute atomic E-state index is 12.3. The van der Waals surface area contributed by atoms with E-state index in [1.54, 1.807) is 12.1 Å². The summed E-state index contributed by atoms with van der Waals surface area (Å²) in [5, 5.41) is 0.237. The summed E-state index contributed by atoms with van der Waals surface area (Å²) in [6.45, 7) is 0. The van der Waals surface area contributed by atoms with E-state index in [0.29, 0.717) is 5.13 Å². The topological polar surface area (TPSA) is 110 Å². The number of nitrogens with two attached hydrogens (primary N) is 1. The molecular formula is C11H13N5O2S2. The van der Waals surface area contributed by atoms with E-state index < -0.39 is 10.0 Å². The van der Waals surface area contributed by atoms with E-state index in [9.17, 15) is 8.42 Å². The van der Waals surface area contributed by atoms with Gasteiger partial charge in [-0.15, -0.1) is 11.3 Å². The molecule has 0 saturated heterocycles. The number of fused-ring (bicyclic) bond motifs is 1. The standard InChI is InChI=1S/C11H13N5O2S2/c12-15-8-4-2-6-13-10(8)20(17,18)16-11-14-7-3-1-5-9(7)19-11/h2,4,6,15H,1,3,5,12H2,(H,14,16). The van der Waals surface area contributed by atoms with Gasteiger partial charge in [-0.2, -0.15) is 8.42 Å². The summed E-state index contributed by atoms with van der Waals surface area (Å²) in [6, 6.07) is 3.15. The van der Waals surface area contributed by atoms with Gasteiger partial charge in [0.1, 0.15) is 0 Å². The van der Waals surface area contributed by atoms with E-state index in [0.717, 1.165) is 29.8 Å². The van der Waals surface area contributed by atoms with Crippen molar-refractivity contribution in [1.82, 2.24) is 9.97 Å². The van der Waals surface area contributed by atoms with Crippen molar-refractivity contribution >= 4 is 32.2 Å². The second-order valence-electron chi connectivity index (χ2n) is 4.35. The Morgan fingerprint density at radius 3 is 2.95 bits per heavy atom. The molecule has 2 heterocycles. The number of anilines is 2. The molecule has 7 nitrogen and oxygen atoms in total. The van der Waals surface area contributed by atoms with Crippen molar-refractivity contribution in [3.63, 3.8) is 0 Å². The number of hydrazine groups is 1. The van der Waals surface area contributed by atoms with Gasteiger partial charge in [0, 0.05) is 11.1 Å². The van der Waals surface area contributed by atoms with Crippen LogP contribution < -0.4 is 16.0 Å². The maximum atomic E-state index is 12.3. The van der Waals surface area contributed by atoms with Crippen LogP contribution in [0.25, 0.3) is 0 Å². The first-order valence-electron chi connectivity index (χ1n) is 6.03. The minimum Gasteiger partial charge on any atom is -0.321 e. The van der Waals surface area contributed by atoms with Crippen molar-refractivity contribution in [2.75, 3.05) is 10.1 Å². The molecule has 0 fully saturated rings. The molecule has 4 N–H and O–H groups in total. The van der Waals surface area contributed by atoms with Gasteiger partial charge >= 0.3 is 0 Å². The number of hydrogen-bond donors (Lipinski definition) is 3. The number of nitrogens with zero attached hydrogens (tertiary/aromatic N) is 2. The van der Waals surface area contributed by atoms with Gasteiger partial charge in [0.05, 0.1) is 11.4 Å². The molecule has 0 aliphatic heterocycles. The molecule has 0 radical (unpaired) electrons. The minimum atomic E-state index is -3.80. The highest BCUT2D eigenvalue weighted by atomic mass is 32.2. The van der Waals surface area contributed by atoms with E-state index in [-0.39, 0.29) is 10.7 Å². The fourth-order valence-electron chi connectivity index (χ4n) is 2.11. The van der Waals surface area contributed by atoms with E-state index in [2.05, 4.69) is 20.1 Å². The molecule has 2 aromatic rings. The Hall–Kier alpha value is -1.71. The van der Waals surface area contributed by atoms with E-state index in [1.807, 2.05) is 0 Å². The highest BCUT2D eigenvalue weighted by Crippen LogP contribution is 2.31. The zero-order chi connectivity index (χ0) is 14.2. The van der Waals surface area contributed by atoms with Gasteiger partial charge in [-0.25, -0.2) is 9.97 Å². The fourth-order valence-corrected chi connectivity index (χ4v) is 4.50. The molecule has 20 heavy (non-hydrogen) atoms. The molecule has 0 bridgehead atoms. The minimum absolute atomic E-state index is 0.141. The number of rotatable bonds is 4. The van der Waals surface area contributed by atoms with Gasteiger partial charge in [0.15, 0.2) is 5.13 Å². The first-order valence-corrected chi connectivity index (χ1v) is 8.33.